The van der Waals surface area contributed by atoms with Gasteiger partial charge in [0.05, 0.1) is 30.0 Å². The number of benzene rings is 1. The van der Waals surface area contributed by atoms with Crippen molar-refractivity contribution in [2.24, 2.45) is 0 Å². The number of rotatable bonds is 12. The molecule has 0 amide bonds. The quantitative estimate of drug-likeness (QED) is 0.321. The second-order valence-corrected chi connectivity index (χ2v) is 7.30. The van der Waals surface area contributed by atoms with Crippen molar-refractivity contribution in [3.8, 4) is 5.88 Å². The van der Waals surface area contributed by atoms with Crippen LogP contribution in [0.1, 0.15) is 11.1 Å². The van der Waals surface area contributed by atoms with Gasteiger partial charge in [-0.25, -0.2) is 9.37 Å². The smallest absolute Gasteiger partial charge is 0.227 e. The summed E-state index contributed by atoms with van der Waals surface area (Å²) in [5.74, 6) is 0.588. The van der Waals surface area contributed by atoms with E-state index in [0.717, 1.165) is 14.7 Å². The zero-order valence-corrected chi connectivity index (χ0v) is 18.4. The van der Waals surface area contributed by atoms with Crippen LogP contribution in [0.5, 0.6) is 5.88 Å². The van der Waals surface area contributed by atoms with Crippen LogP contribution in [-0.4, -0.2) is 58.8 Å². The molecule has 1 aromatic carbocycles. The van der Waals surface area contributed by atoms with Crippen molar-refractivity contribution in [3.05, 3.63) is 51.2 Å². The second-order valence-electron chi connectivity index (χ2n) is 6.14. The summed E-state index contributed by atoms with van der Waals surface area (Å²) in [5, 5.41) is 0. The predicted octanol–water partition coefficient (Wildman–Crippen LogP) is 4.30. The van der Waals surface area contributed by atoms with Crippen LogP contribution in [0.4, 0.5) is 10.1 Å². The summed E-state index contributed by atoms with van der Waals surface area (Å²) >= 11 is 2.21. The average molecular weight is 500 g/mol. The molecule has 1 heterocycles. The van der Waals surface area contributed by atoms with Crippen molar-refractivity contribution >= 4 is 40.4 Å². The number of anilines is 1. The van der Waals surface area contributed by atoms with E-state index in [1.54, 1.807) is 6.20 Å². The molecule has 0 saturated carbocycles. The number of hydrogen-bond acceptors (Lipinski definition) is 5. The molecule has 152 valence electrons. The van der Waals surface area contributed by atoms with E-state index in [-0.39, 0.29) is 6.61 Å². The van der Waals surface area contributed by atoms with Crippen molar-refractivity contribution in [1.29, 1.82) is 0 Å². The largest absolute Gasteiger partial charge is 0.474 e. The monoisotopic (exact) mass is 500 g/mol. The lowest BCUT2D eigenvalue weighted by Crippen LogP contribution is -2.12. The lowest BCUT2D eigenvalue weighted by atomic mass is 10.1. The van der Waals surface area contributed by atoms with E-state index >= 15 is 0 Å². The molecule has 5 nitrogen and oxygen atoms in total. The van der Waals surface area contributed by atoms with Gasteiger partial charge in [0.15, 0.2) is 0 Å². The van der Waals surface area contributed by atoms with Gasteiger partial charge >= 0.3 is 0 Å². The number of hydrogen-bond donors (Lipinski definition) is 0. The Kier molecular flexibility index (Phi) is 10.2. The fraction of sp³-hybridized carbons (Fsp3) is 0.381. The molecule has 28 heavy (non-hydrogen) atoms. The first-order valence-corrected chi connectivity index (χ1v) is 10.1. The molecule has 0 aliphatic rings. The Morgan fingerprint density at radius 3 is 2.25 bits per heavy atom. The topological polar surface area (TPSA) is 43.8 Å². The Labute approximate surface area is 179 Å². The minimum absolute atomic E-state index is 0.115. The molecule has 0 saturated heterocycles. The van der Waals surface area contributed by atoms with Crippen LogP contribution in [-0.2, 0) is 9.47 Å². The van der Waals surface area contributed by atoms with Gasteiger partial charge in [-0.1, -0.05) is 24.3 Å². The third kappa shape index (κ3) is 8.12. The zero-order valence-electron chi connectivity index (χ0n) is 16.2. The third-order valence-electron chi connectivity index (χ3n) is 3.77. The van der Waals surface area contributed by atoms with Gasteiger partial charge in [0.1, 0.15) is 13.3 Å². The molecule has 0 atom stereocenters. The molecular weight excluding hydrogens is 474 g/mol. The highest BCUT2D eigenvalue weighted by molar-refractivity contribution is 14.1. The summed E-state index contributed by atoms with van der Waals surface area (Å²) in [6.07, 6.45) is 5.88. The van der Waals surface area contributed by atoms with Crippen LogP contribution in [0.25, 0.3) is 12.2 Å². The highest BCUT2D eigenvalue weighted by Crippen LogP contribution is 2.20. The number of ether oxygens (including phenoxy) is 3. The second kappa shape index (κ2) is 12.7. The van der Waals surface area contributed by atoms with Crippen molar-refractivity contribution in [3.63, 3.8) is 0 Å². The number of pyridine rings is 1. The van der Waals surface area contributed by atoms with Crippen molar-refractivity contribution in [2.75, 3.05) is 58.7 Å². The summed E-state index contributed by atoms with van der Waals surface area (Å²) in [6.45, 7) is 1.29. The maximum atomic E-state index is 11.9. The molecular formula is C21H26FIN2O3. The molecule has 0 spiro atoms. The third-order valence-corrected chi connectivity index (χ3v) is 4.54. The minimum Gasteiger partial charge on any atom is -0.474 e. The highest BCUT2D eigenvalue weighted by atomic mass is 127. The number of aromatic nitrogens is 1. The van der Waals surface area contributed by atoms with Crippen molar-refractivity contribution in [2.45, 2.75) is 0 Å². The predicted molar refractivity (Wildman–Crippen MR) is 120 cm³/mol. The van der Waals surface area contributed by atoms with E-state index in [1.807, 2.05) is 26.2 Å². The first-order valence-electron chi connectivity index (χ1n) is 9.05. The average Bonchev–Trinajstić information content (AvgIpc) is 2.70. The van der Waals surface area contributed by atoms with Gasteiger partial charge in [-0.3, -0.25) is 0 Å². The molecule has 2 rings (SSSR count). The molecule has 7 heteroatoms. The minimum atomic E-state index is -0.471. The molecule has 0 N–H and O–H groups in total. The van der Waals surface area contributed by atoms with Crippen LogP contribution in [0.15, 0.2) is 36.5 Å². The Bertz CT molecular complexity index is 739. The van der Waals surface area contributed by atoms with Gasteiger partial charge in [-0.05, 0) is 51.9 Å². The lowest BCUT2D eigenvalue weighted by Gasteiger charge is -2.11. The highest BCUT2D eigenvalue weighted by Gasteiger charge is 2.03. The molecule has 0 aliphatic heterocycles. The van der Waals surface area contributed by atoms with Gasteiger partial charge in [0.25, 0.3) is 0 Å². The SMILES string of the molecule is CN(C)c1ccc(/C=C/c2cnc(OCCOCCOCCF)c(I)c2)cc1. The summed E-state index contributed by atoms with van der Waals surface area (Å²) in [7, 11) is 4.05. The van der Waals surface area contributed by atoms with Gasteiger partial charge < -0.3 is 19.1 Å². The zero-order chi connectivity index (χ0) is 20.2. The van der Waals surface area contributed by atoms with E-state index in [9.17, 15) is 4.39 Å². The number of nitrogens with zero attached hydrogens (tertiary/aromatic N) is 2. The Balaban J connectivity index is 1.78. The van der Waals surface area contributed by atoms with Gasteiger partial charge in [-0.2, -0.15) is 0 Å². The lowest BCUT2D eigenvalue weighted by molar-refractivity contribution is 0.0319. The van der Waals surface area contributed by atoms with E-state index < -0.39 is 6.67 Å². The van der Waals surface area contributed by atoms with Crippen molar-refractivity contribution in [1.82, 2.24) is 4.98 Å². The Morgan fingerprint density at radius 2 is 1.61 bits per heavy atom. The van der Waals surface area contributed by atoms with E-state index in [1.165, 1.54) is 5.69 Å². The van der Waals surface area contributed by atoms with Crippen LogP contribution in [0, 0.1) is 3.57 Å². The summed E-state index contributed by atoms with van der Waals surface area (Å²) < 4.78 is 28.8. The fourth-order valence-electron chi connectivity index (χ4n) is 2.29. The molecule has 1 aromatic heterocycles. The summed E-state index contributed by atoms with van der Waals surface area (Å²) in [5.41, 5.74) is 3.31. The maximum absolute atomic E-state index is 11.9. The maximum Gasteiger partial charge on any atom is 0.227 e. The molecule has 0 radical (unpaired) electrons. The summed E-state index contributed by atoms with van der Waals surface area (Å²) in [4.78, 5) is 6.45. The van der Waals surface area contributed by atoms with Crippen LogP contribution in [0.2, 0.25) is 0 Å². The van der Waals surface area contributed by atoms with E-state index in [0.29, 0.717) is 32.3 Å². The van der Waals surface area contributed by atoms with Gasteiger partial charge in [0.2, 0.25) is 5.88 Å². The molecule has 0 fully saturated rings. The van der Waals surface area contributed by atoms with E-state index in [4.69, 9.17) is 14.2 Å². The first kappa shape index (κ1) is 22.6. The molecule has 0 unspecified atom stereocenters. The van der Waals surface area contributed by atoms with E-state index in [2.05, 4.69) is 62.8 Å². The molecule has 0 aliphatic carbocycles. The molecule has 0 bridgehead atoms. The normalized spacial score (nSPS) is 11.1. The fourth-order valence-corrected chi connectivity index (χ4v) is 2.94. The molecule has 2 aromatic rings. The first-order chi connectivity index (χ1) is 13.6. The summed E-state index contributed by atoms with van der Waals surface area (Å²) in [6, 6.07) is 10.4. The Morgan fingerprint density at radius 1 is 0.964 bits per heavy atom. The van der Waals surface area contributed by atoms with Gasteiger partial charge in [0, 0.05) is 26.0 Å². The number of halogens is 2. The van der Waals surface area contributed by atoms with Crippen molar-refractivity contribution < 1.29 is 18.6 Å². The number of alkyl halides is 1. The van der Waals surface area contributed by atoms with Crippen LogP contribution < -0.4 is 9.64 Å². The van der Waals surface area contributed by atoms with Crippen LogP contribution in [0.3, 0.4) is 0 Å². The standard InChI is InChI=1S/C21H26FIN2O3/c1-25(2)19-7-5-17(6-8-19)3-4-18-15-20(23)21(24-16-18)28-14-13-27-12-11-26-10-9-22/h3-8,15-16H,9-14H2,1-2H3/b4-3+. The van der Waals surface area contributed by atoms with Gasteiger partial charge in [-0.15, -0.1) is 0 Å². The van der Waals surface area contributed by atoms with Crippen LogP contribution >= 0.6 is 22.6 Å². The Hall–Kier alpha value is -1.71.